The predicted molar refractivity (Wildman–Crippen MR) is 71.4 cm³/mol. The first-order valence-electron chi connectivity index (χ1n) is 6.21. The maximum atomic E-state index is 10.00. The van der Waals surface area contributed by atoms with Crippen molar-refractivity contribution in [1.82, 2.24) is 0 Å². The lowest BCUT2D eigenvalue weighted by molar-refractivity contribution is 0.156. The Kier molecular flexibility index (Phi) is 5.79. The van der Waals surface area contributed by atoms with Gasteiger partial charge in [-0.3, -0.25) is 0 Å². The SMILES string of the molecule is CCCC(C)CCC(O)c1ccc(Cl)c(O)c1. The Morgan fingerprint density at radius 1 is 1.24 bits per heavy atom. The van der Waals surface area contributed by atoms with Gasteiger partial charge in [-0.2, -0.15) is 0 Å². The van der Waals surface area contributed by atoms with Gasteiger partial charge < -0.3 is 10.2 Å². The molecule has 0 saturated carbocycles. The van der Waals surface area contributed by atoms with Gasteiger partial charge >= 0.3 is 0 Å². The first-order chi connectivity index (χ1) is 8.04. The van der Waals surface area contributed by atoms with Gasteiger partial charge in [0.25, 0.3) is 0 Å². The van der Waals surface area contributed by atoms with Crippen molar-refractivity contribution in [2.45, 2.75) is 45.6 Å². The average Bonchev–Trinajstić information content (AvgIpc) is 2.30. The van der Waals surface area contributed by atoms with E-state index in [1.165, 1.54) is 18.9 Å². The van der Waals surface area contributed by atoms with E-state index >= 15 is 0 Å². The van der Waals surface area contributed by atoms with Gasteiger partial charge in [-0.15, -0.1) is 0 Å². The molecule has 0 saturated heterocycles. The number of hydrogen-bond acceptors (Lipinski definition) is 2. The lowest BCUT2D eigenvalue weighted by Crippen LogP contribution is -2.01. The van der Waals surface area contributed by atoms with Gasteiger partial charge in [-0.1, -0.05) is 44.4 Å². The van der Waals surface area contributed by atoms with Crippen LogP contribution in [-0.4, -0.2) is 10.2 Å². The van der Waals surface area contributed by atoms with E-state index in [2.05, 4.69) is 13.8 Å². The molecule has 2 nitrogen and oxygen atoms in total. The van der Waals surface area contributed by atoms with E-state index in [9.17, 15) is 10.2 Å². The zero-order valence-corrected chi connectivity index (χ0v) is 11.2. The highest BCUT2D eigenvalue weighted by atomic mass is 35.5. The minimum absolute atomic E-state index is 0.0322. The minimum Gasteiger partial charge on any atom is -0.506 e. The Morgan fingerprint density at radius 3 is 2.53 bits per heavy atom. The summed E-state index contributed by atoms with van der Waals surface area (Å²) in [5.41, 5.74) is 0.732. The maximum absolute atomic E-state index is 10.00. The molecule has 0 fully saturated rings. The van der Waals surface area contributed by atoms with Crippen LogP contribution in [0.4, 0.5) is 0 Å². The zero-order valence-electron chi connectivity index (χ0n) is 10.5. The van der Waals surface area contributed by atoms with Gasteiger partial charge in [-0.25, -0.2) is 0 Å². The predicted octanol–water partition coefficient (Wildman–Crippen LogP) is 4.30. The molecule has 0 aliphatic carbocycles. The molecule has 3 heteroatoms. The van der Waals surface area contributed by atoms with E-state index in [1.807, 2.05) is 0 Å². The van der Waals surface area contributed by atoms with Crippen molar-refractivity contribution in [3.63, 3.8) is 0 Å². The first kappa shape index (κ1) is 14.3. The van der Waals surface area contributed by atoms with Crippen LogP contribution in [0.2, 0.25) is 5.02 Å². The van der Waals surface area contributed by atoms with Crippen LogP contribution < -0.4 is 0 Å². The van der Waals surface area contributed by atoms with Crippen LogP contribution in [0.3, 0.4) is 0 Å². The summed E-state index contributed by atoms with van der Waals surface area (Å²) in [5, 5.41) is 19.8. The topological polar surface area (TPSA) is 40.5 Å². The van der Waals surface area contributed by atoms with Crippen molar-refractivity contribution in [3.05, 3.63) is 28.8 Å². The molecule has 2 N–H and O–H groups in total. The van der Waals surface area contributed by atoms with Gasteiger partial charge in [0.15, 0.2) is 0 Å². The summed E-state index contributed by atoms with van der Waals surface area (Å²) >= 11 is 5.72. The molecule has 2 unspecified atom stereocenters. The lowest BCUT2D eigenvalue weighted by atomic mass is 9.96. The van der Waals surface area contributed by atoms with Gasteiger partial charge in [0.05, 0.1) is 11.1 Å². The number of aromatic hydroxyl groups is 1. The van der Waals surface area contributed by atoms with Gasteiger partial charge in [0, 0.05) is 0 Å². The lowest BCUT2D eigenvalue weighted by Gasteiger charge is -2.15. The van der Waals surface area contributed by atoms with Crippen molar-refractivity contribution in [2.75, 3.05) is 0 Å². The molecule has 0 bridgehead atoms. The van der Waals surface area contributed by atoms with Gasteiger partial charge in [-0.05, 0) is 36.5 Å². The fourth-order valence-corrected chi connectivity index (χ4v) is 2.10. The van der Waals surface area contributed by atoms with E-state index in [4.69, 9.17) is 11.6 Å². The van der Waals surface area contributed by atoms with E-state index in [0.717, 1.165) is 18.4 Å². The quantitative estimate of drug-likeness (QED) is 0.797. The van der Waals surface area contributed by atoms with Crippen LogP contribution in [-0.2, 0) is 0 Å². The summed E-state index contributed by atoms with van der Waals surface area (Å²) in [4.78, 5) is 0. The number of hydrogen-bond donors (Lipinski definition) is 2. The summed E-state index contributed by atoms with van der Waals surface area (Å²) in [7, 11) is 0. The number of phenols is 1. The van der Waals surface area contributed by atoms with Gasteiger partial charge in [0.1, 0.15) is 5.75 Å². The third-order valence-corrected chi connectivity index (χ3v) is 3.39. The van der Waals surface area contributed by atoms with Crippen LogP contribution in [0.5, 0.6) is 5.75 Å². The molecule has 0 spiro atoms. The summed E-state index contributed by atoms with van der Waals surface area (Å²) in [6, 6.07) is 4.92. The number of rotatable bonds is 6. The number of phenolic OH excluding ortho intramolecular Hbond substituents is 1. The molecular formula is C14H21ClO2. The molecule has 0 radical (unpaired) electrons. The van der Waals surface area contributed by atoms with Crippen molar-refractivity contribution < 1.29 is 10.2 Å². The Morgan fingerprint density at radius 2 is 1.94 bits per heavy atom. The average molecular weight is 257 g/mol. The number of aliphatic hydroxyl groups is 1. The van der Waals surface area contributed by atoms with E-state index in [1.54, 1.807) is 12.1 Å². The molecule has 0 heterocycles. The number of aliphatic hydroxyl groups excluding tert-OH is 1. The van der Waals surface area contributed by atoms with Crippen LogP contribution in [0, 0.1) is 5.92 Å². The van der Waals surface area contributed by atoms with Crippen molar-refractivity contribution in [2.24, 2.45) is 5.92 Å². The highest BCUT2D eigenvalue weighted by Crippen LogP contribution is 2.29. The Labute approximate surface area is 108 Å². The maximum Gasteiger partial charge on any atom is 0.134 e. The second-order valence-corrected chi connectivity index (χ2v) is 5.11. The summed E-state index contributed by atoms with van der Waals surface area (Å²) in [6.45, 7) is 4.37. The molecular weight excluding hydrogens is 236 g/mol. The van der Waals surface area contributed by atoms with E-state index in [-0.39, 0.29) is 5.75 Å². The third-order valence-electron chi connectivity index (χ3n) is 3.07. The smallest absolute Gasteiger partial charge is 0.134 e. The molecule has 0 aliphatic rings. The fraction of sp³-hybridized carbons (Fsp3) is 0.571. The number of halogens is 1. The largest absolute Gasteiger partial charge is 0.506 e. The van der Waals surface area contributed by atoms with Crippen LogP contribution >= 0.6 is 11.6 Å². The summed E-state index contributed by atoms with van der Waals surface area (Å²) in [5.74, 6) is 0.667. The molecule has 2 atom stereocenters. The molecule has 17 heavy (non-hydrogen) atoms. The van der Waals surface area contributed by atoms with Gasteiger partial charge in [0.2, 0.25) is 0 Å². The van der Waals surface area contributed by atoms with E-state index in [0.29, 0.717) is 10.9 Å². The second-order valence-electron chi connectivity index (χ2n) is 4.70. The van der Waals surface area contributed by atoms with Crippen molar-refractivity contribution >= 4 is 11.6 Å². The van der Waals surface area contributed by atoms with Crippen molar-refractivity contribution in [3.8, 4) is 5.75 Å². The molecule has 96 valence electrons. The van der Waals surface area contributed by atoms with Crippen molar-refractivity contribution in [1.29, 1.82) is 0 Å². The first-order valence-corrected chi connectivity index (χ1v) is 6.58. The Balaban J connectivity index is 2.52. The van der Waals surface area contributed by atoms with E-state index < -0.39 is 6.10 Å². The molecule has 0 amide bonds. The highest BCUT2D eigenvalue weighted by Gasteiger charge is 2.11. The van der Waals surface area contributed by atoms with Crippen LogP contribution in [0.25, 0.3) is 0 Å². The standard InChI is InChI=1S/C14H21ClO2/c1-3-4-10(2)5-8-13(16)11-6-7-12(15)14(17)9-11/h6-7,9-10,13,16-17H,3-5,8H2,1-2H3. The molecule has 1 aromatic carbocycles. The number of benzene rings is 1. The van der Waals surface area contributed by atoms with Crippen LogP contribution in [0.15, 0.2) is 18.2 Å². The minimum atomic E-state index is -0.516. The van der Waals surface area contributed by atoms with Crippen LogP contribution in [0.1, 0.15) is 51.2 Å². The summed E-state index contributed by atoms with van der Waals surface area (Å²) < 4.78 is 0. The Bertz CT molecular complexity index is 352. The highest BCUT2D eigenvalue weighted by molar-refractivity contribution is 6.32. The molecule has 0 aromatic heterocycles. The normalized spacial score (nSPS) is 14.6. The third kappa shape index (κ3) is 4.57. The fourth-order valence-electron chi connectivity index (χ4n) is 1.98. The zero-order chi connectivity index (χ0) is 12.8. The molecule has 1 rings (SSSR count). The second kappa shape index (κ2) is 6.87. The Hall–Kier alpha value is -0.730. The monoisotopic (exact) mass is 256 g/mol. The molecule has 1 aromatic rings. The summed E-state index contributed by atoms with van der Waals surface area (Å²) in [6.07, 6.45) is 3.58. The molecule has 0 aliphatic heterocycles.